The number of rotatable bonds is 3. The number of carbonyl (C=O) groups excluding carboxylic acids is 1. The quantitative estimate of drug-likeness (QED) is 0.675. The second-order valence-electron chi connectivity index (χ2n) is 8.76. The number of nitrogens with zero attached hydrogens (tertiary/aromatic N) is 2. The molecule has 6 heteroatoms. The number of aromatic nitrogens is 2. The lowest BCUT2D eigenvalue weighted by Crippen LogP contribution is -2.44. The zero-order valence-electron chi connectivity index (χ0n) is 17.3. The molecule has 1 aliphatic carbocycles. The van der Waals surface area contributed by atoms with Crippen molar-refractivity contribution in [3.8, 4) is 0 Å². The van der Waals surface area contributed by atoms with E-state index in [0.29, 0.717) is 33.3 Å². The molecule has 0 radical (unpaired) electrons. The van der Waals surface area contributed by atoms with Gasteiger partial charge in [-0.1, -0.05) is 49.6 Å². The maximum atomic E-state index is 13.3. The van der Waals surface area contributed by atoms with E-state index in [2.05, 4.69) is 4.98 Å². The molecule has 2 aromatic heterocycles. The second kappa shape index (κ2) is 7.99. The number of nitrogens with one attached hydrogen (secondary N) is 1. The van der Waals surface area contributed by atoms with Crippen LogP contribution in [-0.4, -0.2) is 33.9 Å². The zero-order chi connectivity index (χ0) is 20.7. The van der Waals surface area contributed by atoms with E-state index in [1.165, 1.54) is 37.0 Å². The molecule has 2 aliphatic rings. The van der Waals surface area contributed by atoms with Crippen LogP contribution in [0.3, 0.4) is 0 Å². The van der Waals surface area contributed by atoms with Crippen molar-refractivity contribution in [2.45, 2.75) is 45.4 Å². The molecule has 30 heavy (non-hydrogen) atoms. The van der Waals surface area contributed by atoms with Crippen molar-refractivity contribution in [3.63, 3.8) is 0 Å². The number of amides is 1. The smallest absolute Gasteiger partial charge is 0.264 e. The van der Waals surface area contributed by atoms with Crippen LogP contribution in [0.2, 0.25) is 0 Å². The molecule has 2 unspecified atom stereocenters. The summed E-state index contributed by atoms with van der Waals surface area (Å²) in [4.78, 5) is 37.1. The third-order valence-corrected chi connectivity index (χ3v) is 8.01. The van der Waals surface area contributed by atoms with E-state index in [-0.39, 0.29) is 11.5 Å². The highest BCUT2D eigenvalue weighted by Gasteiger charge is 2.34. The monoisotopic (exact) mass is 421 g/mol. The minimum Gasteiger partial charge on any atom is -0.338 e. The van der Waals surface area contributed by atoms with Gasteiger partial charge in [-0.3, -0.25) is 9.59 Å². The molecular weight excluding hydrogens is 394 g/mol. The predicted molar refractivity (Wildman–Crippen MR) is 120 cm³/mol. The first-order chi connectivity index (χ1) is 14.6. The Hall–Kier alpha value is -2.47. The number of fused-ring (bicyclic) bond motifs is 2. The molecule has 5 nitrogen and oxygen atoms in total. The first-order valence-electron chi connectivity index (χ1n) is 11.0. The van der Waals surface area contributed by atoms with Crippen LogP contribution in [0.15, 0.2) is 35.1 Å². The van der Waals surface area contributed by atoms with Gasteiger partial charge in [0.2, 0.25) is 0 Å². The van der Waals surface area contributed by atoms with Gasteiger partial charge in [0.25, 0.3) is 11.5 Å². The Balaban J connectivity index is 1.43. The molecule has 1 N–H and O–H groups in total. The fraction of sp³-hybridized carbons (Fsp3) is 0.458. The van der Waals surface area contributed by atoms with Gasteiger partial charge in [-0.2, -0.15) is 0 Å². The number of hydrogen-bond acceptors (Lipinski definition) is 4. The fourth-order valence-corrected chi connectivity index (χ4v) is 6.36. The third kappa shape index (κ3) is 3.58. The Kier molecular flexibility index (Phi) is 5.19. The number of thiophene rings is 1. The van der Waals surface area contributed by atoms with Crippen molar-refractivity contribution in [1.29, 1.82) is 0 Å². The molecule has 2 fully saturated rings. The average molecular weight is 422 g/mol. The SMILES string of the molecule is Cc1c(C(=O)N2CCC3CCCCC3C2)sc2nc(Cc3ccccc3)[nH]c(=O)c12. The number of hydrogen-bond donors (Lipinski definition) is 1. The van der Waals surface area contributed by atoms with Gasteiger partial charge < -0.3 is 9.88 Å². The number of piperidine rings is 1. The maximum Gasteiger partial charge on any atom is 0.264 e. The van der Waals surface area contributed by atoms with E-state index in [4.69, 9.17) is 4.98 Å². The summed E-state index contributed by atoms with van der Waals surface area (Å²) in [5.74, 6) is 2.15. The molecule has 1 saturated carbocycles. The van der Waals surface area contributed by atoms with Crippen LogP contribution in [0.5, 0.6) is 0 Å². The van der Waals surface area contributed by atoms with Gasteiger partial charge in [0.1, 0.15) is 10.7 Å². The van der Waals surface area contributed by atoms with Crippen molar-refractivity contribution in [1.82, 2.24) is 14.9 Å². The summed E-state index contributed by atoms with van der Waals surface area (Å²) in [5, 5.41) is 0.563. The lowest BCUT2D eigenvalue weighted by molar-refractivity contribution is 0.0525. The topological polar surface area (TPSA) is 66.1 Å². The van der Waals surface area contributed by atoms with Crippen molar-refractivity contribution in [3.05, 3.63) is 62.5 Å². The Morgan fingerprint density at radius 3 is 2.73 bits per heavy atom. The average Bonchev–Trinajstić information content (AvgIpc) is 3.10. The Morgan fingerprint density at radius 1 is 1.17 bits per heavy atom. The molecule has 1 aromatic carbocycles. The van der Waals surface area contributed by atoms with Crippen LogP contribution in [0.4, 0.5) is 0 Å². The third-order valence-electron chi connectivity index (χ3n) is 6.84. The van der Waals surface area contributed by atoms with E-state index in [9.17, 15) is 9.59 Å². The van der Waals surface area contributed by atoms with E-state index < -0.39 is 0 Å². The molecule has 1 amide bonds. The Morgan fingerprint density at radius 2 is 1.93 bits per heavy atom. The number of benzene rings is 1. The molecule has 3 heterocycles. The maximum absolute atomic E-state index is 13.3. The van der Waals surface area contributed by atoms with Crippen molar-refractivity contribution in [2.75, 3.05) is 13.1 Å². The predicted octanol–water partition coefficient (Wildman–Crippen LogP) is 4.54. The van der Waals surface area contributed by atoms with Gasteiger partial charge in [-0.25, -0.2) is 4.98 Å². The Labute approximate surface area is 180 Å². The summed E-state index contributed by atoms with van der Waals surface area (Å²) in [5.41, 5.74) is 1.72. The number of aromatic amines is 1. The number of likely N-dealkylation sites (tertiary alicyclic amines) is 1. The molecule has 156 valence electrons. The summed E-state index contributed by atoms with van der Waals surface area (Å²) in [7, 11) is 0. The molecule has 0 bridgehead atoms. The van der Waals surface area contributed by atoms with E-state index in [1.807, 2.05) is 42.2 Å². The van der Waals surface area contributed by atoms with Crippen LogP contribution in [0.25, 0.3) is 10.2 Å². The molecule has 1 saturated heterocycles. The number of aryl methyl sites for hydroxylation is 1. The van der Waals surface area contributed by atoms with Crippen molar-refractivity contribution >= 4 is 27.5 Å². The zero-order valence-corrected chi connectivity index (χ0v) is 18.1. The Bertz CT molecular complexity index is 1130. The lowest BCUT2D eigenvalue weighted by atomic mass is 9.75. The summed E-state index contributed by atoms with van der Waals surface area (Å²) < 4.78 is 0. The second-order valence-corrected chi connectivity index (χ2v) is 9.75. The molecular formula is C24H27N3O2S. The summed E-state index contributed by atoms with van der Waals surface area (Å²) in [6.45, 7) is 3.57. The van der Waals surface area contributed by atoms with Crippen LogP contribution in [0, 0.1) is 18.8 Å². The largest absolute Gasteiger partial charge is 0.338 e. The molecule has 0 spiro atoms. The van der Waals surface area contributed by atoms with E-state index >= 15 is 0 Å². The van der Waals surface area contributed by atoms with Crippen LogP contribution >= 0.6 is 11.3 Å². The molecule has 5 rings (SSSR count). The van der Waals surface area contributed by atoms with Gasteiger partial charge in [0.15, 0.2) is 0 Å². The fourth-order valence-electron chi connectivity index (χ4n) is 5.19. The van der Waals surface area contributed by atoms with Gasteiger partial charge in [0.05, 0.1) is 10.3 Å². The van der Waals surface area contributed by atoms with Crippen LogP contribution in [-0.2, 0) is 6.42 Å². The van der Waals surface area contributed by atoms with Gasteiger partial charge in [-0.15, -0.1) is 11.3 Å². The first-order valence-corrected chi connectivity index (χ1v) is 11.8. The highest BCUT2D eigenvalue weighted by Crippen LogP contribution is 2.37. The molecule has 2 atom stereocenters. The normalized spacial score (nSPS) is 21.6. The summed E-state index contributed by atoms with van der Waals surface area (Å²) in [6, 6.07) is 9.97. The van der Waals surface area contributed by atoms with E-state index in [0.717, 1.165) is 36.6 Å². The molecule has 1 aliphatic heterocycles. The van der Waals surface area contributed by atoms with E-state index in [1.54, 1.807) is 0 Å². The highest BCUT2D eigenvalue weighted by atomic mass is 32.1. The standard InChI is InChI=1S/C24H27N3O2S/c1-15-20-22(28)25-19(13-16-7-3-2-4-8-16)26-23(20)30-21(15)24(29)27-12-11-17-9-5-6-10-18(17)14-27/h2-4,7-8,17-18H,5-6,9-14H2,1H3,(H,25,26,28). The van der Waals surface area contributed by atoms with Crippen LogP contribution in [0.1, 0.15) is 58.7 Å². The summed E-state index contributed by atoms with van der Waals surface area (Å²) in [6.07, 6.45) is 6.86. The number of H-pyrrole nitrogens is 1. The lowest BCUT2D eigenvalue weighted by Gasteiger charge is -2.41. The van der Waals surface area contributed by atoms with Gasteiger partial charge in [0, 0.05) is 19.5 Å². The minimum absolute atomic E-state index is 0.0727. The highest BCUT2D eigenvalue weighted by molar-refractivity contribution is 7.20. The first kappa shape index (κ1) is 19.5. The minimum atomic E-state index is -0.148. The summed E-state index contributed by atoms with van der Waals surface area (Å²) >= 11 is 1.37. The number of carbonyl (C=O) groups is 1. The van der Waals surface area contributed by atoms with Crippen molar-refractivity contribution < 1.29 is 4.79 Å². The van der Waals surface area contributed by atoms with Gasteiger partial charge >= 0.3 is 0 Å². The van der Waals surface area contributed by atoms with Gasteiger partial charge in [-0.05, 0) is 42.7 Å². The van der Waals surface area contributed by atoms with Crippen LogP contribution < -0.4 is 5.56 Å². The van der Waals surface area contributed by atoms with Crippen molar-refractivity contribution in [2.24, 2.45) is 11.8 Å². The molecule has 3 aromatic rings.